The van der Waals surface area contributed by atoms with Gasteiger partial charge in [-0.3, -0.25) is 0 Å². The van der Waals surface area contributed by atoms with Gasteiger partial charge in [0.2, 0.25) is 0 Å². The molecule has 1 aromatic carbocycles. The topological polar surface area (TPSA) is 42.2 Å². The van der Waals surface area contributed by atoms with Crippen LogP contribution in [0.3, 0.4) is 0 Å². The molecule has 0 aliphatic rings. The third-order valence-electron chi connectivity index (χ3n) is 1.63. The van der Waals surface area contributed by atoms with Crippen molar-refractivity contribution in [2.45, 2.75) is 13.8 Å². The Balaban J connectivity index is 2.95. The molecule has 1 rings (SSSR count). The quantitative estimate of drug-likeness (QED) is 0.733. The minimum atomic E-state index is 0.555. The Kier molecular flexibility index (Phi) is 3.81. The monoisotopic (exact) mass is 191 g/mol. The maximum atomic E-state index is 8.76. The van der Waals surface area contributed by atoms with E-state index < -0.39 is 0 Å². The van der Waals surface area contributed by atoms with Crippen LogP contribution in [-0.2, 0) is 0 Å². The predicted molar refractivity (Wildman–Crippen MR) is 53.5 cm³/mol. The number of hydrogen-bond acceptors (Lipinski definition) is 3. The predicted octanol–water partition coefficient (Wildman–Crippen LogP) is 2.36. The first kappa shape index (κ1) is 10.4. The maximum Gasteiger partial charge on any atom is 0.124 e. The van der Waals surface area contributed by atoms with E-state index in [1.54, 1.807) is 18.2 Å². The van der Waals surface area contributed by atoms with E-state index in [4.69, 9.17) is 14.7 Å². The normalized spacial score (nSPS) is 9.21. The highest BCUT2D eigenvalue weighted by atomic mass is 16.5. The summed E-state index contributed by atoms with van der Waals surface area (Å²) in [5.41, 5.74) is 0.555. The highest BCUT2D eigenvalue weighted by Gasteiger charge is 2.01. The van der Waals surface area contributed by atoms with E-state index >= 15 is 0 Å². The van der Waals surface area contributed by atoms with Crippen molar-refractivity contribution in [3.05, 3.63) is 23.8 Å². The summed E-state index contributed by atoms with van der Waals surface area (Å²) in [6.07, 6.45) is 0. The fourth-order valence-electron chi connectivity index (χ4n) is 1.14. The third-order valence-corrected chi connectivity index (χ3v) is 1.63. The van der Waals surface area contributed by atoms with E-state index in [9.17, 15) is 0 Å². The molecule has 0 N–H and O–H groups in total. The number of rotatable bonds is 4. The van der Waals surface area contributed by atoms with Crippen molar-refractivity contribution in [1.82, 2.24) is 0 Å². The van der Waals surface area contributed by atoms with Gasteiger partial charge in [0.1, 0.15) is 11.5 Å². The third kappa shape index (κ3) is 2.67. The number of nitriles is 1. The Morgan fingerprint density at radius 3 is 1.93 bits per heavy atom. The summed E-state index contributed by atoms with van der Waals surface area (Å²) >= 11 is 0. The molecule has 1 aromatic rings. The van der Waals surface area contributed by atoms with E-state index in [1.807, 2.05) is 13.8 Å². The molecule has 3 nitrogen and oxygen atoms in total. The van der Waals surface area contributed by atoms with E-state index in [0.29, 0.717) is 30.3 Å². The van der Waals surface area contributed by atoms with Gasteiger partial charge in [0, 0.05) is 6.07 Å². The van der Waals surface area contributed by atoms with Crippen LogP contribution in [0.5, 0.6) is 11.5 Å². The van der Waals surface area contributed by atoms with Gasteiger partial charge in [-0.05, 0) is 26.0 Å². The molecule has 0 spiro atoms. The van der Waals surface area contributed by atoms with Crippen LogP contribution in [0.15, 0.2) is 18.2 Å². The molecule has 0 aromatic heterocycles. The lowest BCUT2D eigenvalue weighted by Crippen LogP contribution is -1.95. The molecule has 0 amide bonds. The van der Waals surface area contributed by atoms with E-state index in [1.165, 1.54) is 0 Å². The zero-order valence-electron chi connectivity index (χ0n) is 8.41. The first-order chi connectivity index (χ1) is 6.80. The van der Waals surface area contributed by atoms with E-state index in [-0.39, 0.29) is 0 Å². The number of ether oxygens (including phenoxy) is 2. The summed E-state index contributed by atoms with van der Waals surface area (Å²) in [6, 6.07) is 7.25. The van der Waals surface area contributed by atoms with Gasteiger partial charge in [0.25, 0.3) is 0 Å². The molecule has 3 heteroatoms. The standard InChI is InChI=1S/C11H13NO2/c1-3-13-10-5-9(8-12)6-11(7-10)14-4-2/h5-7H,3-4H2,1-2H3. The minimum absolute atomic E-state index is 0.555. The maximum absolute atomic E-state index is 8.76. The summed E-state index contributed by atoms with van der Waals surface area (Å²) in [7, 11) is 0. The highest BCUT2D eigenvalue weighted by Crippen LogP contribution is 2.22. The van der Waals surface area contributed by atoms with Crippen molar-refractivity contribution < 1.29 is 9.47 Å². The van der Waals surface area contributed by atoms with Crippen molar-refractivity contribution in [3.8, 4) is 17.6 Å². The van der Waals surface area contributed by atoms with Gasteiger partial charge in [-0.1, -0.05) is 0 Å². The van der Waals surface area contributed by atoms with Gasteiger partial charge >= 0.3 is 0 Å². The molecular weight excluding hydrogens is 178 g/mol. The second-order valence-electron chi connectivity index (χ2n) is 2.67. The van der Waals surface area contributed by atoms with Crippen molar-refractivity contribution in [2.24, 2.45) is 0 Å². The fourth-order valence-corrected chi connectivity index (χ4v) is 1.14. The van der Waals surface area contributed by atoms with Gasteiger partial charge in [-0.15, -0.1) is 0 Å². The average molecular weight is 191 g/mol. The molecule has 0 unspecified atom stereocenters. The van der Waals surface area contributed by atoms with Gasteiger partial charge in [0.15, 0.2) is 0 Å². The van der Waals surface area contributed by atoms with Crippen LogP contribution in [0, 0.1) is 11.3 Å². The van der Waals surface area contributed by atoms with Crippen LogP contribution < -0.4 is 9.47 Å². The van der Waals surface area contributed by atoms with Crippen LogP contribution in [0.2, 0.25) is 0 Å². The summed E-state index contributed by atoms with van der Waals surface area (Å²) in [5, 5.41) is 8.76. The molecule has 0 bridgehead atoms. The molecule has 14 heavy (non-hydrogen) atoms. The largest absolute Gasteiger partial charge is 0.494 e. The van der Waals surface area contributed by atoms with Crippen LogP contribution in [-0.4, -0.2) is 13.2 Å². The SMILES string of the molecule is CCOc1cc(C#N)cc(OCC)c1. The van der Waals surface area contributed by atoms with Gasteiger partial charge < -0.3 is 9.47 Å². The summed E-state index contributed by atoms with van der Waals surface area (Å²) in [5.74, 6) is 1.35. The van der Waals surface area contributed by atoms with Crippen LogP contribution >= 0.6 is 0 Å². The summed E-state index contributed by atoms with van der Waals surface area (Å²) in [6.45, 7) is 4.97. The first-order valence-corrected chi connectivity index (χ1v) is 4.61. The van der Waals surface area contributed by atoms with Crippen molar-refractivity contribution in [2.75, 3.05) is 13.2 Å². The molecule has 0 saturated carbocycles. The van der Waals surface area contributed by atoms with Crippen molar-refractivity contribution >= 4 is 0 Å². The molecule has 0 aliphatic carbocycles. The Morgan fingerprint density at radius 1 is 1.07 bits per heavy atom. The lowest BCUT2D eigenvalue weighted by atomic mass is 10.2. The zero-order valence-corrected chi connectivity index (χ0v) is 8.41. The smallest absolute Gasteiger partial charge is 0.124 e. The average Bonchev–Trinajstić information content (AvgIpc) is 2.18. The van der Waals surface area contributed by atoms with Crippen LogP contribution in [0.1, 0.15) is 19.4 Å². The molecule has 0 radical (unpaired) electrons. The molecule has 0 atom stereocenters. The van der Waals surface area contributed by atoms with Gasteiger partial charge in [0.05, 0.1) is 24.8 Å². The second-order valence-corrected chi connectivity index (χ2v) is 2.67. The van der Waals surface area contributed by atoms with Crippen LogP contribution in [0.4, 0.5) is 0 Å². The molecule has 74 valence electrons. The number of benzene rings is 1. The van der Waals surface area contributed by atoms with Crippen molar-refractivity contribution in [3.63, 3.8) is 0 Å². The molecule has 0 saturated heterocycles. The molecule has 0 aliphatic heterocycles. The number of nitrogens with zero attached hydrogens (tertiary/aromatic N) is 1. The van der Waals surface area contributed by atoms with Crippen molar-refractivity contribution in [1.29, 1.82) is 5.26 Å². The number of hydrogen-bond donors (Lipinski definition) is 0. The molecular formula is C11H13NO2. The lowest BCUT2D eigenvalue weighted by Gasteiger charge is -2.07. The van der Waals surface area contributed by atoms with Gasteiger partial charge in [-0.25, -0.2) is 0 Å². The molecule has 0 heterocycles. The lowest BCUT2D eigenvalue weighted by molar-refractivity contribution is 0.323. The Labute approximate surface area is 83.9 Å². The highest BCUT2D eigenvalue weighted by molar-refractivity contribution is 5.43. The fraction of sp³-hybridized carbons (Fsp3) is 0.364. The van der Waals surface area contributed by atoms with Crippen LogP contribution in [0.25, 0.3) is 0 Å². The van der Waals surface area contributed by atoms with E-state index in [2.05, 4.69) is 6.07 Å². The summed E-state index contributed by atoms with van der Waals surface area (Å²) in [4.78, 5) is 0. The van der Waals surface area contributed by atoms with Gasteiger partial charge in [-0.2, -0.15) is 5.26 Å². The Bertz CT molecular complexity index is 317. The van der Waals surface area contributed by atoms with E-state index in [0.717, 1.165) is 0 Å². The minimum Gasteiger partial charge on any atom is -0.494 e. The first-order valence-electron chi connectivity index (χ1n) is 4.61. The second kappa shape index (κ2) is 5.13. The summed E-state index contributed by atoms with van der Waals surface area (Å²) < 4.78 is 10.6. The Hall–Kier alpha value is -1.69. The molecule has 0 fully saturated rings. The Morgan fingerprint density at radius 2 is 1.57 bits per heavy atom. The zero-order chi connectivity index (χ0) is 10.4.